The van der Waals surface area contributed by atoms with E-state index in [9.17, 15) is 5.26 Å². The highest BCUT2D eigenvalue weighted by Crippen LogP contribution is 2.46. The second-order valence-electron chi connectivity index (χ2n) is 6.83. The predicted octanol–water partition coefficient (Wildman–Crippen LogP) is 5.45. The van der Waals surface area contributed by atoms with Crippen molar-refractivity contribution in [1.29, 1.82) is 5.26 Å². The van der Waals surface area contributed by atoms with Crippen LogP contribution in [-0.2, 0) is 0 Å². The molecular formula is C23H18BrN3O. The maximum absolute atomic E-state index is 9.97. The molecule has 0 aromatic heterocycles. The normalized spacial score (nSPS) is 16.0. The SMILES string of the molecule is CN(C)C=NC1=C(C#N)[C@H](c2ccc(Br)cc2)c2ccc3ccccc3c2O1. The molecule has 4 nitrogen and oxygen atoms in total. The van der Waals surface area contributed by atoms with Crippen LogP contribution in [-0.4, -0.2) is 25.3 Å². The topological polar surface area (TPSA) is 48.6 Å². The quantitative estimate of drug-likeness (QED) is 0.409. The Kier molecular flexibility index (Phi) is 4.89. The van der Waals surface area contributed by atoms with Crippen LogP contribution >= 0.6 is 15.9 Å². The van der Waals surface area contributed by atoms with Crippen LogP contribution in [0.15, 0.2) is 81.6 Å². The zero-order valence-electron chi connectivity index (χ0n) is 15.6. The van der Waals surface area contributed by atoms with E-state index in [0.717, 1.165) is 32.1 Å². The van der Waals surface area contributed by atoms with Crippen molar-refractivity contribution in [2.75, 3.05) is 14.1 Å². The summed E-state index contributed by atoms with van der Waals surface area (Å²) in [5.41, 5.74) is 2.50. The molecule has 0 saturated carbocycles. The number of fused-ring (bicyclic) bond motifs is 3. The van der Waals surface area contributed by atoms with Gasteiger partial charge in [-0.05, 0) is 23.1 Å². The van der Waals surface area contributed by atoms with Crippen molar-refractivity contribution in [2.24, 2.45) is 4.99 Å². The van der Waals surface area contributed by atoms with Gasteiger partial charge in [-0.15, -0.1) is 0 Å². The summed E-state index contributed by atoms with van der Waals surface area (Å²) in [7, 11) is 3.77. The molecule has 5 heteroatoms. The van der Waals surface area contributed by atoms with Gasteiger partial charge in [0.25, 0.3) is 0 Å². The molecule has 0 saturated heterocycles. The van der Waals surface area contributed by atoms with Crippen LogP contribution in [0.5, 0.6) is 5.75 Å². The molecule has 28 heavy (non-hydrogen) atoms. The third kappa shape index (κ3) is 3.28. The zero-order chi connectivity index (χ0) is 19.7. The van der Waals surface area contributed by atoms with Crippen molar-refractivity contribution in [3.05, 3.63) is 87.7 Å². The molecule has 0 aliphatic carbocycles. The average molecular weight is 432 g/mol. The summed E-state index contributed by atoms with van der Waals surface area (Å²) in [6.07, 6.45) is 1.65. The maximum Gasteiger partial charge on any atom is 0.235 e. The molecule has 0 fully saturated rings. The van der Waals surface area contributed by atoms with E-state index in [-0.39, 0.29) is 5.92 Å². The van der Waals surface area contributed by atoms with Crippen molar-refractivity contribution in [3.63, 3.8) is 0 Å². The lowest BCUT2D eigenvalue weighted by molar-refractivity contribution is 0.398. The van der Waals surface area contributed by atoms with Crippen molar-refractivity contribution < 1.29 is 4.74 Å². The van der Waals surface area contributed by atoms with Crippen LogP contribution in [0.25, 0.3) is 10.8 Å². The van der Waals surface area contributed by atoms with E-state index < -0.39 is 0 Å². The molecule has 0 spiro atoms. The molecule has 0 unspecified atom stereocenters. The lowest BCUT2D eigenvalue weighted by Gasteiger charge is -2.27. The van der Waals surface area contributed by atoms with E-state index in [4.69, 9.17) is 4.74 Å². The van der Waals surface area contributed by atoms with Crippen molar-refractivity contribution >= 4 is 33.0 Å². The molecule has 1 atom stereocenters. The van der Waals surface area contributed by atoms with Crippen molar-refractivity contribution in [3.8, 4) is 11.8 Å². The fourth-order valence-corrected chi connectivity index (χ4v) is 3.67. The third-order valence-electron chi connectivity index (χ3n) is 4.67. The molecular weight excluding hydrogens is 414 g/mol. The van der Waals surface area contributed by atoms with Crippen LogP contribution in [0.2, 0.25) is 0 Å². The third-order valence-corrected chi connectivity index (χ3v) is 5.20. The number of nitriles is 1. The monoisotopic (exact) mass is 431 g/mol. The Bertz CT molecular complexity index is 1140. The van der Waals surface area contributed by atoms with Gasteiger partial charge in [-0.3, -0.25) is 0 Å². The number of allylic oxidation sites excluding steroid dienone is 1. The van der Waals surface area contributed by atoms with Gasteiger partial charge in [0.05, 0.1) is 12.3 Å². The zero-order valence-corrected chi connectivity index (χ0v) is 17.1. The van der Waals surface area contributed by atoms with Crippen molar-refractivity contribution in [1.82, 2.24) is 4.90 Å². The number of benzene rings is 3. The summed E-state index contributed by atoms with van der Waals surface area (Å²) in [6.45, 7) is 0. The first-order valence-electron chi connectivity index (χ1n) is 8.88. The largest absolute Gasteiger partial charge is 0.437 e. The lowest BCUT2D eigenvalue weighted by Crippen LogP contribution is -2.17. The Labute approximate surface area is 172 Å². The Hall–Kier alpha value is -3.10. The molecule has 1 aliphatic heterocycles. The van der Waals surface area contributed by atoms with Crippen LogP contribution in [0.1, 0.15) is 17.0 Å². The number of ether oxygens (including phenoxy) is 1. The molecule has 1 aliphatic rings. The molecule has 0 bridgehead atoms. The lowest BCUT2D eigenvalue weighted by atomic mass is 9.82. The first kappa shape index (κ1) is 18.3. The second-order valence-corrected chi connectivity index (χ2v) is 7.75. The molecule has 0 amide bonds. The molecule has 4 rings (SSSR count). The number of rotatable bonds is 3. The molecule has 138 valence electrons. The summed E-state index contributed by atoms with van der Waals surface area (Å²) in [5.74, 6) is 0.865. The van der Waals surface area contributed by atoms with Gasteiger partial charge in [0.15, 0.2) is 0 Å². The number of aliphatic imine (C=N–C) groups is 1. The van der Waals surface area contributed by atoms with Crippen LogP contribution in [0.4, 0.5) is 0 Å². The van der Waals surface area contributed by atoms with Crippen LogP contribution in [0, 0.1) is 11.3 Å². The number of halogens is 1. The standard InChI is InChI=1S/C23H18BrN3O/c1-27(2)14-26-23-20(13-25)21(16-7-10-17(24)11-8-16)19-12-9-15-5-3-4-6-18(15)22(19)28-23/h3-12,14,21H,1-2H3/t21-/m1/s1. The van der Waals surface area contributed by atoms with E-state index in [1.54, 1.807) is 6.34 Å². The average Bonchev–Trinajstić information content (AvgIpc) is 2.71. The summed E-state index contributed by atoms with van der Waals surface area (Å²) >= 11 is 3.49. The van der Waals surface area contributed by atoms with Gasteiger partial charge in [-0.25, -0.2) is 4.99 Å². The van der Waals surface area contributed by atoms with Gasteiger partial charge < -0.3 is 9.64 Å². The maximum atomic E-state index is 9.97. The van der Waals surface area contributed by atoms with Gasteiger partial charge in [-0.2, -0.15) is 5.26 Å². The van der Waals surface area contributed by atoms with Gasteiger partial charge >= 0.3 is 0 Å². The van der Waals surface area contributed by atoms with E-state index in [0.29, 0.717) is 11.5 Å². The van der Waals surface area contributed by atoms with Crippen LogP contribution < -0.4 is 4.74 Å². The number of hydrogen-bond donors (Lipinski definition) is 0. The minimum atomic E-state index is -0.235. The van der Waals surface area contributed by atoms with Gasteiger partial charge in [0.2, 0.25) is 5.88 Å². The second kappa shape index (κ2) is 7.49. The van der Waals surface area contributed by atoms with E-state index in [1.165, 1.54) is 0 Å². The Morgan fingerprint density at radius 2 is 1.82 bits per heavy atom. The van der Waals surface area contributed by atoms with E-state index in [2.05, 4.69) is 39.1 Å². The predicted molar refractivity (Wildman–Crippen MR) is 115 cm³/mol. The van der Waals surface area contributed by atoms with Gasteiger partial charge in [0, 0.05) is 29.5 Å². The summed E-state index contributed by atoms with van der Waals surface area (Å²) < 4.78 is 7.19. The number of nitrogens with zero attached hydrogens (tertiary/aromatic N) is 3. The summed E-state index contributed by atoms with van der Waals surface area (Å²) in [5, 5.41) is 12.1. The number of hydrogen-bond acceptors (Lipinski definition) is 3. The highest BCUT2D eigenvalue weighted by molar-refractivity contribution is 9.10. The fourth-order valence-electron chi connectivity index (χ4n) is 3.41. The van der Waals surface area contributed by atoms with E-state index >= 15 is 0 Å². The fraction of sp³-hybridized carbons (Fsp3) is 0.130. The highest BCUT2D eigenvalue weighted by Gasteiger charge is 2.32. The minimum Gasteiger partial charge on any atom is -0.437 e. The molecule has 0 radical (unpaired) electrons. The van der Waals surface area contributed by atoms with Crippen LogP contribution in [0.3, 0.4) is 0 Å². The molecule has 0 N–H and O–H groups in total. The first-order valence-corrected chi connectivity index (χ1v) is 9.67. The Morgan fingerprint density at radius 3 is 2.54 bits per heavy atom. The molecule has 3 aromatic rings. The minimum absolute atomic E-state index is 0.235. The molecule has 3 aromatic carbocycles. The summed E-state index contributed by atoms with van der Waals surface area (Å²) in [6, 6.07) is 22.6. The van der Waals surface area contributed by atoms with Crippen molar-refractivity contribution in [2.45, 2.75) is 5.92 Å². The van der Waals surface area contributed by atoms with E-state index in [1.807, 2.05) is 67.5 Å². The molecule has 1 heterocycles. The summed E-state index contributed by atoms with van der Waals surface area (Å²) in [4.78, 5) is 6.28. The van der Waals surface area contributed by atoms with Gasteiger partial charge in [-0.1, -0.05) is 64.5 Å². The first-order chi connectivity index (χ1) is 13.6. The Balaban J connectivity index is 1.99. The highest BCUT2D eigenvalue weighted by atomic mass is 79.9. The van der Waals surface area contributed by atoms with Gasteiger partial charge in [0.1, 0.15) is 17.4 Å². The Morgan fingerprint density at radius 1 is 1.07 bits per heavy atom. The smallest absolute Gasteiger partial charge is 0.235 e.